The van der Waals surface area contributed by atoms with Crippen LogP contribution in [0.2, 0.25) is 0 Å². The highest BCUT2D eigenvalue weighted by molar-refractivity contribution is 6.01. The Kier molecular flexibility index (Phi) is 11.3. The maximum Gasteiger partial charge on any atom is 0.319 e. The minimum Gasteiger partial charge on any atom is -0.395 e. The minimum absolute atomic E-state index is 0.127. The number of para-hydroxylation sites is 2. The van der Waals surface area contributed by atoms with Gasteiger partial charge >= 0.3 is 6.03 Å². The molecule has 0 fully saturated rings. The van der Waals surface area contributed by atoms with Gasteiger partial charge in [-0.3, -0.25) is 9.59 Å². The molecule has 0 bridgehead atoms. The fourth-order valence-electron chi connectivity index (χ4n) is 5.58. The molecule has 0 saturated carbocycles. The SMILES string of the molecule is CC(C)(C[C@H](O)CO)C(N)C(=O)N[C@@H]1CCc2ccccc2N(Cc2ccc(-c3ccccc3NC(=O)NCCO)cc2)C1=O. The van der Waals surface area contributed by atoms with Crippen molar-refractivity contribution < 1.29 is 29.7 Å². The van der Waals surface area contributed by atoms with Gasteiger partial charge in [0.15, 0.2) is 0 Å². The molecule has 11 heteroatoms. The quantitative estimate of drug-likeness (QED) is 0.163. The lowest BCUT2D eigenvalue weighted by molar-refractivity contribution is -0.130. The maximum absolute atomic E-state index is 14.0. The summed E-state index contributed by atoms with van der Waals surface area (Å²) >= 11 is 0. The molecule has 0 spiro atoms. The second-order valence-corrected chi connectivity index (χ2v) is 12.0. The highest BCUT2D eigenvalue weighted by atomic mass is 16.3. The van der Waals surface area contributed by atoms with Crippen LogP contribution in [0.5, 0.6) is 0 Å². The molecule has 0 aromatic heterocycles. The Morgan fingerprint density at radius 3 is 2.42 bits per heavy atom. The molecule has 1 unspecified atom stereocenters. The molecule has 3 atom stereocenters. The molecular formula is C34H43N5O6. The monoisotopic (exact) mass is 617 g/mol. The van der Waals surface area contributed by atoms with Gasteiger partial charge in [-0.1, -0.05) is 74.5 Å². The third-order valence-corrected chi connectivity index (χ3v) is 8.14. The number of aliphatic hydroxyl groups excluding tert-OH is 3. The number of fused-ring (bicyclic) bond motifs is 1. The van der Waals surface area contributed by atoms with E-state index in [9.17, 15) is 24.6 Å². The molecule has 0 saturated heterocycles. The largest absolute Gasteiger partial charge is 0.395 e. The summed E-state index contributed by atoms with van der Waals surface area (Å²) in [5.74, 6) is -0.739. The van der Waals surface area contributed by atoms with Gasteiger partial charge in [-0.2, -0.15) is 0 Å². The number of nitrogens with zero attached hydrogens (tertiary/aromatic N) is 1. The molecule has 1 aliphatic rings. The lowest BCUT2D eigenvalue weighted by Crippen LogP contribution is -2.56. The number of nitrogens with two attached hydrogens (primary N) is 1. The minimum atomic E-state index is -1.00. The first kappa shape index (κ1) is 33.6. The van der Waals surface area contributed by atoms with Gasteiger partial charge in [0.1, 0.15) is 6.04 Å². The second kappa shape index (κ2) is 15.1. The third kappa shape index (κ3) is 8.46. The van der Waals surface area contributed by atoms with Crippen LogP contribution in [0.1, 0.15) is 37.8 Å². The molecule has 3 aromatic carbocycles. The van der Waals surface area contributed by atoms with Crippen LogP contribution in [0, 0.1) is 5.41 Å². The van der Waals surface area contributed by atoms with E-state index in [0.717, 1.165) is 27.9 Å². The summed E-state index contributed by atoms with van der Waals surface area (Å²) < 4.78 is 0. The lowest BCUT2D eigenvalue weighted by Gasteiger charge is -2.33. The van der Waals surface area contributed by atoms with Crippen molar-refractivity contribution in [1.29, 1.82) is 0 Å². The van der Waals surface area contributed by atoms with Crippen LogP contribution in [0.15, 0.2) is 72.8 Å². The molecule has 0 aliphatic carbocycles. The van der Waals surface area contributed by atoms with Crippen LogP contribution in [-0.4, -0.2) is 71.1 Å². The highest BCUT2D eigenvalue weighted by Crippen LogP contribution is 2.32. The van der Waals surface area contributed by atoms with Crippen molar-refractivity contribution >= 4 is 29.2 Å². The number of nitrogens with one attached hydrogen (secondary N) is 3. The van der Waals surface area contributed by atoms with E-state index in [1.165, 1.54) is 0 Å². The molecule has 8 N–H and O–H groups in total. The van der Waals surface area contributed by atoms with E-state index < -0.39 is 42.1 Å². The first-order valence-corrected chi connectivity index (χ1v) is 15.1. The number of benzene rings is 3. The molecule has 1 heterocycles. The van der Waals surface area contributed by atoms with Gasteiger partial charge in [0.05, 0.1) is 37.6 Å². The summed E-state index contributed by atoms with van der Waals surface area (Å²) in [6.07, 6.45) is 0.108. The smallest absolute Gasteiger partial charge is 0.319 e. The number of rotatable bonds is 12. The van der Waals surface area contributed by atoms with Gasteiger partial charge in [-0.05, 0) is 53.5 Å². The fourth-order valence-corrected chi connectivity index (χ4v) is 5.58. The van der Waals surface area contributed by atoms with Crippen molar-refractivity contribution in [2.45, 2.75) is 57.8 Å². The van der Waals surface area contributed by atoms with Gasteiger partial charge in [-0.25, -0.2) is 4.79 Å². The average Bonchev–Trinajstić information content (AvgIpc) is 3.16. The molecule has 45 heavy (non-hydrogen) atoms. The zero-order valence-electron chi connectivity index (χ0n) is 25.7. The highest BCUT2D eigenvalue weighted by Gasteiger charge is 2.37. The summed E-state index contributed by atoms with van der Waals surface area (Å²) in [5, 5.41) is 36.4. The number of carbonyl (C=O) groups is 3. The van der Waals surface area contributed by atoms with E-state index in [-0.39, 0.29) is 32.0 Å². The van der Waals surface area contributed by atoms with Crippen LogP contribution in [0.4, 0.5) is 16.2 Å². The fraction of sp³-hybridized carbons (Fsp3) is 0.382. The van der Waals surface area contributed by atoms with Gasteiger partial charge in [-0.15, -0.1) is 0 Å². The molecule has 240 valence electrons. The number of hydrogen-bond acceptors (Lipinski definition) is 7. The van der Waals surface area contributed by atoms with Crippen LogP contribution < -0.4 is 26.6 Å². The van der Waals surface area contributed by atoms with Crippen molar-refractivity contribution in [1.82, 2.24) is 10.6 Å². The second-order valence-electron chi connectivity index (χ2n) is 12.0. The van der Waals surface area contributed by atoms with Crippen molar-refractivity contribution in [2.24, 2.45) is 11.1 Å². The van der Waals surface area contributed by atoms with Gasteiger partial charge in [0.2, 0.25) is 11.8 Å². The van der Waals surface area contributed by atoms with Crippen molar-refractivity contribution in [3.63, 3.8) is 0 Å². The summed E-state index contributed by atoms with van der Waals surface area (Å²) in [5.41, 5.74) is 10.4. The lowest BCUT2D eigenvalue weighted by atomic mass is 9.79. The normalized spacial score (nSPS) is 16.3. The Labute approximate surface area is 263 Å². The Morgan fingerprint density at radius 1 is 1.02 bits per heavy atom. The Hall–Kier alpha value is -4.29. The van der Waals surface area contributed by atoms with Gasteiger partial charge < -0.3 is 41.9 Å². The number of aryl methyl sites for hydroxylation is 1. The van der Waals surface area contributed by atoms with Gasteiger partial charge in [0, 0.05) is 17.8 Å². The summed E-state index contributed by atoms with van der Waals surface area (Å²) in [4.78, 5) is 41.1. The number of amides is 4. The zero-order valence-corrected chi connectivity index (χ0v) is 25.7. The number of hydrogen-bond donors (Lipinski definition) is 7. The first-order chi connectivity index (χ1) is 21.5. The summed E-state index contributed by atoms with van der Waals surface area (Å²) in [6.45, 7) is 3.32. The predicted molar refractivity (Wildman–Crippen MR) is 173 cm³/mol. The van der Waals surface area contributed by atoms with E-state index in [0.29, 0.717) is 18.5 Å². The maximum atomic E-state index is 14.0. The molecule has 1 aliphatic heterocycles. The molecule has 11 nitrogen and oxygen atoms in total. The van der Waals surface area contributed by atoms with E-state index in [2.05, 4.69) is 16.0 Å². The Morgan fingerprint density at radius 2 is 1.71 bits per heavy atom. The zero-order chi connectivity index (χ0) is 32.6. The van der Waals surface area contributed by atoms with Crippen LogP contribution >= 0.6 is 0 Å². The van der Waals surface area contributed by atoms with E-state index in [1.54, 1.807) is 24.8 Å². The Bertz CT molecular complexity index is 1480. The molecule has 0 radical (unpaired) electrons. The van der Waals surface area contributed by atoms with Gasteiger partial charge in [0.25, 0.3) is 0 Å². The van der Waals surface area contributed by atoms with Crippen LogP contribution in [0.3, 0.4) is 0 Å². The molecule has 4 amide bonds. The first-order valence-electron chi connectivity index (χ1n) is 15.1. The number of carbonyl (C=O) groups excluding carboxylic acids is 3. The molecular weight excluding hydrogens is 574 g/mol. The summed E-state index contributed by atoms with van der Waals surface area (Å²) in [7, 11) is 0. The summed E-state index contributed by atoms with van der Waals surface area (Å²) in [6, 6.07) is 20.6. The van der Waals surface area contributed by atoms with Crippen LogP contribution in [-0.2, 0) is 22.6 Å². The number of aliphatic hydroxyl groups is 3. The number of urea groups is 1. The van der Waals surface area contributed by atoms with E-state index >= 15 is 0 Å². The van der Waals surface area contributed by atoms with E-state index in [1.807, 2.05) is 66.7 Å². The van der Waals surface area contributed by atoms with Crippen molar-refractivity contribution in [3.8, 4) is 11.1 Å². The van der Waals surface area contributed by atoms with Crippen molar-refractivity contribution in [2.75, 3.05) is 30.0 Å². The molecule has 4 rings (SSSR count). The molecule has 3 aromatic rings. The van der Waals surface area contributed by atoms with Crippen LogP contribution in [0.25, 0.3) is 11.1 Å². The van der Waals surface area contributed by atoms with E-state index in [4.69, 9.17) is 10.8 Å². The topological polar surface area (TPSA) is 177 Å². The predicted octanol–water partition coefficient (Wildman–Crippen LogP) is 2.53. The van der Waals surface area contributed by atoms with Crippen molar-refractivity contribution in [3.05, 3.63) is 83.9 Å². The number of anilines is 2. The average molecular weight is 618 g/mol. The Balaban J connectivity index is 1.53. The third-order valence-electron chi connectivity index (χ3n) is 8.14. The standard InChI is InChI=1S/C34H43N5O6/c1-34(2,19-25(42)21-41)30(35)31(43)37-28-16-15-24-7-3-6-10-29(24)39(32(28)44)20-22-11-13-23(14-12-22)26-8-4-5-9-27(26)38-33(45)36-17-18-40/h3-14,25,28,30,40-42H,15-21,35H2,1-2H3,(H,37,43)(H2,36,38,45)/t25-,28+,30?/m0/s1.